The molecule has 9 heteroatoms. The molecule has 0 aromatic carbocycles. The Morgan fingerprint density at radius 1 is 1.12 bits per heavy atom. The van der Waals surface area contributed by atoms with Crippen LogP contribution in [0, 0.1) is 5.92 Å². The van der Waals surface area contributed by atoms with Crippen LogP contribution in [0.25, 0.3) is 5.00 Å². The fraction of sp³-hybridized carbons (Fsp3) is 0.375. The molecule has 4 heterocycles. The molecular weight excluding hydrogens is 358 g/mol. The third-order valence-corrected chi connectivity index (χ3v) is 6.12. The van der Waals surface area contributed by atoms with E-state index in [1.54, 1.807) is 0 Å². The first-order chi connectivity index (χ1) is 12.2. The van der Waals surface area contributed by atoms with Crippen molar-refractivity contribution in [2.75, 3.05) is 13.1 Å². The molecule has 0 N–H and O–H groups in total. The van der Waals surface area contributed by atoms with Gasteiger partial charge in [-0.25, -0.2) is 4.79 Å². The molecule has 1 amide bonds. The number of carbonyl (C=O) groups is 1. The molecule has 1 saturated heterocycles. The molecule has 0 saturated carbocycles. The summed E-state index contributed by atoms with van der Waals surface area (Å²) < 4.78 is 2.77. The number of tetrazole rings is 1. The summed E-state index contributed by atoms with van der Waals surface area (Å²) in [6, 6.07) is 7.49. The first kappa shape index (κ1) is 16.2. The van der Waals surface area contributed by atoms with Gasteiger partial charge in [0.2, 0.25) is 0 Å². The van der Waals surface area contributed by atoms with Gasteiger partial charge in [0.15, 0.2) is 0 Å². The number of aromatic nitrogens is 4. The highest BCUT2D eigenvalue weighted by Gasteiger charge is 2.25. The van der Waals surface area contributed by atoms with Crippen molar-refractivity contribution in [2.24, 2.45) is 5.92 Å². The zero-order valence-corrected chi connectivity index (χ0v) is 15.1. The Balaban J connectivity index is 1.38. The van der Waals surface area contributed by atoms with Crippen LogP contribution in [-0.2, 0) is 6.54 Å². The largest absolute Gasteiger partial charge is 0.369 e. The quantitative estimate of drug-likeness (QED) is 0.700. The second-order valence-corrected chi connectivity index (χ2v) is 7.89. The zero-order chi connectivity index (χ0) is 17.2. The van der Waals surface area contributed by atoms with E-state index in [0.29, 0.717) is 12.5 Å². The molecule has 4 rings (SSSR count). The van der Waals surface area contributed by atoms with Gasteiger partial charge in [0.05, 0.1) is 11.4 Å². The Labute approximate surface area is 152 Å². The van der Waals surface area contributed by atoms with E-state index >= 15 is 0 Å². The molecule has 0 radical (unpaired) electrons. The van der Waals surface area contributed by atoms with Gasteiger partial charge in [-0.05, 0) is 58.1 Å². The van der Waals surface area contributed by atoms with Gasteiger partial charge in [-0.2, -0.15) is 9.36 Å². The SMILES string of the molecule is O=C(c1cccs1)N1CCC(Cn2nnn(-c3cccs3)c2=O)CC1. The number of hydrogen-bond acceptors (Lipinski definition) is 6. The van der Waals surface area contributed by atoms with Crippen LogP contribution < -0.4 is 5.69 Å². The van der Waals surface area contributed by atoms with Crippen LogP contribution in [-0.4, -0.2) is 43.7 Å². The molecule has 3 aromatic heterocycles. The maximum absolute atomic E-state index is 12.4. The highest BCUT2D eigenvalue weighted by atomic mass is 32.1. The number of piperidine rings is 1. The molecule has 1 aliphatic rings. The number of likely N-dealkylation sites (tertiary alicyclic amines) is 1. The van der Waals surface area contributed by atoms with Crippen molar-refractivity contribution < 1.29 is 4.79 Å². The van der Waals surface area contributed by atoms with Gasteiger partial charge in [0.1, 0.15) is 5.00 Å². The molecule has 0 unspecified atom stereocenters. The highest BCUT2D eigenvalue weighted by Crippen LogP contribution is 2.21. The van der Waals surface area contributed by atoms with Crippen LogP contribution in [0.4, 0.5) is 0 Å². The van der Waals surface area contributed by atoms with Crippen molar-refractivity contribution >= 4 is 28.6 Å². The summed E-state index contributed by atoms with van der Waals surface area (Å²) in [6.07, 6.45) is 1.74. The van der Waals surface area contributed by atoms with Gasteiger partial charge in [0, 0.05) is 13.1 Å². The van der Waals surface area contributed by atoms with Crippen molar-refractivity contribution in [1.29, 1.82) is 0 Å². The number of hydrogen-bond donors (Lipinski definition) is 0. The first-order valence-electron chi connectivity index (χ1n) is 8.12. The maximum Gasteiger partial charge on any atom is 0.369 e. The van der Waals surface area contributed by atoms with Crippen molar-refractivity contribution in [1.82, 2.24) is 24.7 Å². The standard InChI is InChI=1S/C16H17N5O2S2/c22-15(13-3-1-9-24-13)19-7-5-12(6-8-19)11-20-16(23)21(18-17-20)14-4-2-10-25-14/h1-4,9-10,12H,5-8,11H2. The van der Waals surface area contributed by atoms with Crippen molar-refractivity contribution in [3.8, 4) is 5.00 Å². The van der Waals surface area contributed by atoms with Crippen LogP contribution >= 0.6 is 22.7 Å². The smallest absolute Gasteiger partial charge is 0.338 e. The van der Waals surface area contributed by atoms with Gasteiger partial charge >= 0.3 is 5.69 Å². The molecule has 0 atom stereocenters. The molecule has 0 spiro atoms. The molecule has 0 aliphatic carbocycles. The molecular formula is C16H17N5O2S2. The summed E-state index contributed by atoms with van der Waals surface area (Å²) in [5.41, 5.74) is -0.209. The van der Waals surface area contributed by atoms with Gasteiger partial charge in [-0.15, -0.1) is 22.7 Å². The lowest BCUT2D eigenvalue weighted by molar-refractivity contribution is 0.0685. The van der Waals surface area contributed by atoms with Crippen LogP contribution in [0.5, 0.6) is 0 Å². The second-order valence-electron chi connectivity index (χ2n) is 6.02. The summed E-state index contributed by atoms with van der Waals surface area (Å²) in [5, 5.41) is 12.6. The van der Waals surface area contributed by atoms with Crippen LogP contribution in [0.15, 0.2) is 39.8 Å². The summed E-state index contributed by atoms with van der Waals surface area (Å²) >= 11 is 2.93. The van der Waals surface area contributed by atoms with E-state index in [2.05, 4.69) is 10.4 Å². The fourth-order valence-corrected chi connectivity index (χ4v) is 4.40. The Morgan fingerprint density at radius 2 is 1.88 bits per heavy atom. The van der Waals surface area contributed by atoms with Gasteiger partial charge in [0.25, 0.3) is 5.91 Å². The molecule has 7 nitrogen and oxygen atoms in total. The number of nitrogens with zero attached hydrogens (tertiary/aromatic N) is 5. The van der Waals surface area contributed by atoms with Gasteiger partial charge in [-0.3, -0.25) is 4.79 Å². The van der Waals surface area contributed by atoms with E-state index in [1.165, 1.54) is 32.0 Å². The van der Waals surface area contributed by atoms with Gasteiger partial charge < -0.3 is 4.90 Å². The molecule has 130 valence electrons. The second kappa shape index (κ2) is 6.93. The minimum atomic E-state index is -0.209. The van der Waals surface area contributed by atoms with Crippen LogP contribution in [0.2, 0.25) is 0 Å². The zero-order valence-electron chi connectivity index (χ0n) is 13.4. The lowest BCUT2D eigenvalue weighted by Crippen LogP contribution is -2.40. The molecule has 0 bridgehead atoms. The van der Waals surface area contributed by atoms with E-state index in [9.17, 15) is 9.59 Å². The monoisotopic (exact) mass is 375 g/mol. The molecule has 1 fully saturated rings. The number of rotatable bonds is 4. The topological polar surface area (TPSA) is 73.0 Å². The van der Waals surface area contributed by atoms with Crippen LogP contribution in [0.3, 0.4) is 0 Å². The number of thiophene rings is 2. The number of carbonyl (C=O) groups excluding carboxylic acids is 1. The van der Waals surface area contributed by atoms with E-state index < -0.39 is 0 Å². The van der Waals surface area contributed by atoms with Crippen molar-refractivity contribution in [2.45, 2.75) is 19.4 Å². The van der Waals surface area contributed by atoms with Crippen molar-refractivity contribution in [3.63, 3.8) is 0 Å². The van der Waals surface area contributed by atoms with E-state index in [-0.39, 0.29) is 11.6 Å². The Kier molecular flexibility index (Phi) is 4.50. The Bertz CT molecular complexity index is 890. The summed E-state index contributed by atoms with van der Waals surface area (Å²) in [6.45, 7) is 1.98. The van der Waals surface area contributed by atoms with Gasteiger partial charge in [-0.1, -0.05) is 6.07 Å². The van der Waals surface area contributed by atoms with Crippen LogP contribution in [0.1, 0.15) is 22.5 Å². The third kappa shape index (κ3) is 3.29. The predicted molar refractivity (Wildman–Crippen MR) is 96.4 cm³/mol. The summed E-state index contributed by atoms with van der Waals surface area (Å²) in [5.74, 6) is 0.438. The molecule has 1 aliphatic heterocycles. The number of amides is 1. The predicted octanol–water partition coefficient (Wildman–Crippen LogP) is 2.10. The third-order valence-electron chi connectivity index (χ3n) is 4.42. The minimum absolute atomic E-state index is 0.106. The molecule has 3 aromatic rings. The molecule has 25 heavy (non-hydrogen) atoms. The Hall–Kier alpha value is -2.26. The first-order valence-corrected chi connectivity index (χ1v) is 9.88. The maximum atomic E-state index is 12.4. The van der Waals surface area contributed by atoms with Crippen molar-refractivity contribution in [3.05, 3.63) is 50.4 Å². The average molecular weight is 375 g/mol. The Morgan fingerprint density at radius 3 is 2.56 bits per heavy atom. The average Bonchev–Trinajstić information content (AvgIpc) is 3.38. The van der Waals surface area contributed by atoms with E-state index in [1.807, 2.05) is 39.9 Å². The highest BCUT2D eigenvalue weighted by molar-refractivity contribution is 7.12. The normalized spacial score (nSPS) is 15.6. The van der Waals surface area contributed by atoms with E-state index in [4.69, 9.17) is 0 Å². The fourth-order valence-electron chi connectivity index (χ4n) is 3.04. The minimum Gasteiger partial charge on any atom is -0.338 e. The summed E-state index contributed by atoms with van der Waals surface area (Å²) in [7, 11) is 0. The lowest BCUT2D eigenvalue weighted by atomic mass is 9.97. The van der Waals surface area contributed by atoms with E-state index in [0.717, 1.165) is 35.8 Å². The lowest BCUT2D eigenvalue weighted by Gasteiger charge is -2.31. The summed E-state index contributed by atoms with van der Waals surface area (Å²) in [4.78, 5) is 27.5.